The van der Waals surface area contributed by atoms with Gasteiger partial charge >= 0.3 is 0 Å². The number of benzene rings is 1. The van der Waals surface area contributed by atoms with Gasteiger partial charge in [-0.25, -0.2) is 33.1 Å². The normalized spacial score (nSPS) is 15.1. The van der Waals surface area contributed by atoms with Crippen LogP contribution >= 0.6 is 0 Å². The molecule has 1 fully saturated rings. The van der Waals surface area contributed by atoms with Crippen LogP contribution in [0.3, 0.4) is 0 Å². The Hall–Kier alpha value is -4.39. The lowest BCUT2D eigenvalue weighted by Crippen LogP contribution is -2.41. The molecule has 4 aromatic rings. The number of halogens is 3. The van der Waals surface area contributed by atoms with Gasteiger partial charge in [0.25, 0.3) is 12.3 Å². The zero-order valence-corrected chi connectivity index (χ0v) is 23.3. The minimum absolute atomic E-state index is 0.0244. The summed E-state index contributed by atoms with van der Waals surface area (Å²) in [6.45, 7) is 3.55. The number of aromatic nitrogens is 5. The van der Waals surface area contributed by atoms with Crippen LogP contribution in [-0.4, -0.2) is 81.4 Å². The number of para-hydroxylation sites is 1. The summed E-state index contributed by atoms with van der Waals surface area (Å²) in [5, 5.41) is 9.56. The Morgan fingerprint density at radius 3 is 2.55 bits per heavy atom. The molecular weight excluding hydrogens is 547 g/mol. The van der Waals surface area contributed by atoms with Crippen LogP contribution in [0.15, 0.2) is 49.2 Å². The number of piperidine rings is 1. The van der Waals surface area contributed by atoms with Gasteiger partial charge in [-0.1, -0.05) is 25.1 Å². The van der Waals surface area contributed by atoms with Gasteiger partial charge in [-0.2, -0.15) is 0 Å². The lowest BCUT2D eigenvalue weighted by atomic mass is 9.96. The number of hydrogen-bond donors (Lipinski definition) is 3. The molecule has 1 aliphatic heterocycles. The molecule has 1 atom stereocenters. The summed E-state index contributed by atoms with van der Waals surface area (Å²) in [6.07, 6.45) is 5.08. The van der Waals surface area contributed by atoms with Crippen LogP contribution in [0.2, 0.25) is 0 Å². The molecule has 0 saturated carbocycles. The van der Waals surface area contributed by atoms with Gasteiger partial charge in [-0.3, -0.25) is 14.7 Å². The highest BCUT2D eigenvalue weighted by Gasteiger charge is 2.22. The van der Waals surface area contributed by atoms with E-state index in [1.165, 1.54) is 13.4 Å². The molecule has 3 aromatic heterocycles. The van der Waals surface area contributed by atoms with E-state index in [0.29, 0.717) is 53.6 Å². The van der Waals surface area contributed by atoms with Gasteiger partial charge in [0.2, 0.25) is 5.95 Å². The standard InChI is InChI=1S/C29H32F3N9O/c1-17(20-4-3-5-21-26(28(42)33-2)22(30)14-35-27(20)21)11-34-25-10-23(38-16-39-25)18-12-36-29(37-13-18)40-19-6-8-41(9-7-19)15-24(31)32/h3-5,10,12-14,16-17,19,24H,6-9,11,15H2,1-2H3,(H,33,42)(H,34,38,39)(H,36,37,40). The molecule has 13 heteroatoms. The third-order valence-corrected chi connectivity index (χ3v) is 7.39. The molecule has 10 nitrogen and oxygen atoms in total. The second-order valence-electron chi connectivity index (χ2n) is 10.3. The Morgan fingerprint density at radius 1 is 1.07 bits per heavy atom. The van der Waals surface area contributed by atoms with E-state index in [1.54, 1.807) is 35.5 Å². The van der Waals surface area contributed by atoms with Crippen molar-refractivity contribution in [2.24, 2.45) is 0 Å². The van der Waals surface area contributed by atoms with Gasteiger partial charge in [0.15, 0.2) is 5.82 Å². The van der Waals surface area contributed by atoms with E-state index in [2.05, 4.69) is 40.9 Å². The van der Waals surface area contributed by atoms with Crippen molar-refractivity contribution in [2.45, 2.75) is 38.2 Å². The molecule has 0 bridgehead atoms. The van der Waals surface area contributed by atoms with Crippen molar-refractivity contribution in [2.75, 3.05) is 43.9 Å². The van der Waals surface area contributed by atoms with E-state index >= 15 is 0 Å². The molecule has 220 valence electrons. The number of rotatable bonds is 10. The van der Waals surface area contributed by atoms with Crippen LogP contribution in [0.25, 0.3) is 22.2 Å². The fraction of sp³-hybridized carbons (Fsp3) is 0.379. The Labute approximate surface area is 241 Å². The van der Waals surface area contributed by atoms with Gasteiger partial charge in [0, 0.05) is 68.1 Å². The Morgan fingerprint density at radius 2 is 1.83 bits per heavy atom. The summed E-state index contributed by atoms with van der Waals surface area (Å²) in [5.41, 5.74) is 2.77. The highest BCUT2D eigenvalue weighted by molar-refractivity contribution is 6.06. The van der Waals surface area contributed by atoms with Gasteiger partial charge in [0.1, 0.15) is 12.1 Å². The first kappa shape index (κ1) is 29.1. The first-order chi connectivity index (χ1) is 20.3. The van der Waals surface area contributed by atoms with Crippen molar-refractivity contribution >= 4 is 28.6 Å². The molecule has 1 amide bonds. The zero-order valence-electron chi connectivity index (χ0n) is 23.3. The first-order valence-electron chi connectivity index (χ1n) is 13.8. The van der Waals surface area contributed by atoms with Crippen LogP contribution in [-0.2, 0) is 0 Å². The number of carbonyl (C=O) groups is 1. The average molecular weight is 580 g/mol. The summed E-state index contributed by atoms with van der Waals surface area (Å²) < 4.78 is 39.6. The van der Waals surface area contributed by atoms with E-state index < -0.39 is 18.1 Å². The number of carbonyl (C=O) groups excluding carboxylic acids is 1. The average Bonchev–Trinajstić information content (AvgIpc) is 3.00. The molecule has 4 heterocycles. The van der Waals surface area contributed by atoms with E-state index in [-0.39, 0.29) is 24.1 Å². The van der Waals surface area contributed by atoms with E-state index in [4.69, 9.17) is 0 Å². The monoisotopic (exact) mass is 579 g/mol. The maximum atomic E-state index is 14.4. The van der Waals surface area contributed by atoms with Gasteiger partial charge in [0.05, 0.1) is 29.5 Å². The third kappa shape index (κ3) is 6.73. The summed E-state index contributed by atoms with van der Waals surface area (Å²) in [6, 6.07) is 7.33. The van der Waals surface area contributed by atoms with Crippen molar-refractivity contribution in [1.82, 2.24) is 35.1 Å². The van der Waals surface area contributed by atoms with Gasteiger partial charge < -0.3 is 16.0 Å². The van der Waals surface area contributed by atoms with Crippen molar-refractivity contribution in [1.29, 1.82) is 0 Å². The Bertz CT molecular complexity index is 1530. The summed E-state index contributed by atoms with van der Waals surface area (Å²) in [4.78, 5) is 35.9. The summed E-state index contributed by atoms with van der Waals surface area (Å²) >= 11 is 0. The first-order valence-corrected chi connectivity index (χ1v) is 13.8. The molecule has 1 aliphatic rings. The molecule has 0 aliphatic carbocycles. The number of hydrogen-bond acceptors (Lipinski definition) is 9. The molecule has 3 N–H and O–H groups in total. The SMILES string of the molecule is CNC(=O)c1c(F)cnc2c(C(C)CNc3cc(-c4cnc(NC5CCN(CC(F)F)CC5)nc4)ncn3)cccc12. The minimum Gasteiger partial charge on any atom is -0.369 e. The number of fused-ring (bicyclic) bond motifs is 1. The predicted molar refractivity (Wildman–Crippen MR) is 154 cm³/mol. The van der Waals surface area contributed by atoms with Crippen LogP contribution < -0.4 is 16.0 Å². The quantitative estimate of drug-likeness (QED) is 0.252. The summed E-state index contributed by atoms with van der Waals surface area (Å²) in [7, 11) is 1.46. The van der Waals surface area contributed by atoms with Crippen molar-refractivity contribution in [3.63, 3.8) is 0 Å². The topological polar surface area (TPSA) is 121 Å². The minimum atomic E-state index is -2.31. The molecule has 1 unspecified atom stereocenters. The van der Waals surface area contributed by atoms with Gasteiger partial charge in [-0.15, -0.1) is 0 Å². The third-order valence-electron chi connectivity index (χ3n) is 7.39. The molecule has 42 heavy (non-hydrogen) atoms. The molecule has 0 radical (unpaired) electrons. The Kier molecular flexibility index (Phi) is 9.06. The number of amides is 1. The second kappa shape index (κ2) is 13.1. The number of nitrogens with one attached hydrogen (secondary N) is 3. The lowest BCUT2D eigenvalue weighted by Gasteiger charge is -2.31. The number of pyridine rings is 1. The van der Waals surface area contributed by atoms with Crippen LogP contribution in [0.1, 0.15) is 41.6 Å². The largest absolute Gasteiger partial charge is 0.369 e. The van der Waals surface area contributed by atoms with Gasteiger partial charge in [-0.05, 0) is 18.4 Å². The predicted octanol–water partition coefficient (Wildman–Crippen LogP) is 4.34. The molecule has 1 saturated heterocycles. The second-order valence-corrected chi connectivity index (χ2v) is 10.3. The molecule has 0 spiro atoms. The smallest absolute Gasteiger partial charge is 0.254 e. The lowest BCUT2D eigenvalue weighted by molar-refractivity contribution is 0.0769. The number of alkyl halides is 2. The number of nitrogens with zero attached hydrogens (tertiary/aromatic N) is 6. The maximum Gasteiger partial charge on any atom is 0.254 e. The maximum absolute atomic E-state index is 14.4. The fourth-order valence-corrected chi connectivity index (χ4v) is 5.13. The van der Waals surface area contributed by atoms with E-state index in [1.807, 2.05) is 13.0 Å². The van der Waals surface area contributed by atoms with E-state index in [0.717, 1.165) is 24.6 Å². The summed E-state index contributed by atoms with van der Waals surface area (Å²) in [5.74, 6) is -0.125. The Balaban J connectivity index is 1.22. The van der Waals surface area contributed by atoms with Crippen LogP contribution in [0, 0.1) is 5.82 Å². The van der Waals surface area contributed by atoms with Crippen molar-refractivity contribution < 1.29 is 18.0 Å². The molecular formula is C29H32F3N9O. The number of likely N-dealkylation sites (tertiary alicyclic amines) is 1. The van der Waals surface area contributed by atoms with Crippen LogP contribution in [0.4, 0.5) is 24.9 Å². The van der Waals surface area contributed by atoms with Crippen molar-refractivity contribution in [3.05, 3.63) is 66.1 Å². The molecule has 1 aromatic carbocycles. The molecule has 5 rings (SSSR count). The van der Waals surface area contributed by atoms with Crippen LogP contribution in [0.5, 0.6) is 0 Å². The van der Waals surface area contributed by atoms with E-state index in [9.17, 15) is 18.0 Å². The highest BCUT2D eigenvalue weighted by atomic mass is 19.3. The van der Waals surface area contributed by atoms with Crippen molar-refractivity contribution in [3.8, 4) is 11.3 Å². The number of anilines is 2. The fourth-order valence-electron chi connectivity index (χ4n) is 5.13. The highest BCUT2D eigenvalue weighted by Crippen LogP contribution is 2.28. The zero-order chi connectivity index (χ0) is 29.6.